The third kappa shape index (κ3) is 3.40. The summed E-state index contributed by atoms with van der Waals surface area (Å²) in [6.07, 6.45) is 0. The fourth-order valence-corrected chi connectivity index (χ4v) is 2.07. The highest BCUT2D eigenvalue weighted by Gasteiger charge is 2.14. The van der Waals surface area contributed by atoms with E-state index in [-0.39, 0.29) is 15.9 Å². The van der Waals surface area contributed by atoms with Gasteiger partial charge in [0, 0.05) is 4.47 Å². The Morgan fingerprint density at radius 1 is 1.26 bits per heavy atom. The number of nitrogens with one attached hydrogen (secondary N) is 1. The molecule has 1 aromatic carbocycles. The molecule has 4 nitrogen and oxygen atoms in total. The van der Waals surface area contributed by atoms with E-state index in [4.69, 9.17) is 23.2 Å². The molecule has 98 valence electrons. The van der Waals surface area contributed by atoms with Crippen molar-refractivity contribution in [3.8, 4) is 0 Å². The van der Waals surface area contributed by atoms with Crippen LogP contribution in [0.3, 0.4) is 0 Å². The molecular weight excluding hydrogens is 360 g/mol. The largest absolute Gasteiger partial charge is 0.321 e. The van der Waals surface area contributed by atoms with Crippen LogP contribution in [0.5, 0.6) is 0 Å². The minimum atomic E-state index is -0.519. The summed E-state index contributed by atoms with van der Waals surface area (Å²) < 4.78 is 13.3. The van der Waals surface area contributed by atoms with Gasteiger partial charge in [0.25, 0.3) is 5.91 Å². The van der Waals surface area contributed by atoms with E-state index >= 15 is 0 Å². The second-order valence-corrected chi connectivity index (χ2v) is 5.05. The molecule has 1 N–H and O–H groups in total. The summed E-state index contributed by atoms with van der Waals surface area (Å²) >= 11 is 14.5. The molecule has 0 saturated carbocycles. The van der Waals surface area contributed by atoms with Gasteiger partial charge in [-0.05, 0) is 40.2 Å². The van der Waals surface area contributed by atoms with Crippen LogP contribution in [0.2, 0.25) is 10.3 Å². The van der Waals surface area contributed by atoms with E-state index in [1.54, 1.807) is 0 Å². The molecule has 0 aliphatic carbocycles. The maximum absolute atomic E-state index is 12.9. The van der Waals surface area contributed by atoms with Crippen LogP contribution in [0.1, 0.15) is 10.4 Å². The second-order valence-electron chi connectivity index (χ2n) is 3.45. The van der Waals surface area contributed by atoms with E-state index in [0.29, 0.717) is 10.2 Å². The van der Waals surface area contributed by atoms with Crippen LogP contribution in [0, 0.1) is 5.82 Å². The Kier molecular flexibility index (Phi) is 4.34. The highest BCUT2D eigenvalue weighted by atomic mass is 79.9. The van der Waals surface area contributed by atoms with Gasteiger partial charge in [-0.1, -0.05) is 23.2 Å². The first kappa shape index (κ1) is 14.2. The van der Waals surface area contributed by atoms with Crippen molar-refractivity contribution in [2.24, 2.45) is 0 Å². The zero-order valence-electron chi connectivity index (χ0n) is 9.12. The summed E-state index contributed by atoms with van der Waals surface area (Å²) in [5, 5.41) is 9.57. The van der Waals surface area contributed by atoms with Crippen LogP contribution in [-0.4, -0.2) is 16.1 Å². The highest BCUT2D eigenvalue weighted by Crippen LogP contribution is 2.24. The Labute approximate surface area is 126 Å². The van der Waals surface area contributed by atoms with Crippen LogP contribution < -0.4 is 5.32 Å². The average Bonchev–Trinajstić information content (AvgIpc) is 2.35. The van der Waals surface area contributed by atoms with Gasteiger partial charge in [0.1, 0.15) is 5.82 Å². The number of hydrogen-bond acceptors (Lipinski definition) is 3. The molecule has 0 aliphatic heterocycles. The summed E-state index contributed by atoms with van der Waals surface area (Å²) in [6.45, 7) is 0. The van der Waals surface area contributed by atoms with Crippen molar-refractivity contribution < 1.29 is 9.18 Å². The van der Waals surface area contributed by atoms with Crippen LogP contribution >= 0.6 is 39.1 Å². The van der Waals surface area contributed by atoms with Gasteiger partial charge in [0.15, 0.2) is 10.3 Å². The third-order valence-electron chi connectivity index (χ3n) is 2.14. The topological polar surface area (TPSA) is 54.9 Å². The fraction of sp³-hybridized carbons (Fsp3) is 0. The molecule has 8 heteroatoms. The van der Waals surface area contributed by atoms with Crippen LogP contribution in [-0.2, 0) is 0 Å². The molecule has 1 heterocycles. The number of carbonyl (C=O) groups excluding carboxylic acids is 1. The summed E-state index contributed by atoms with van der Waals surface area (Å²) in [7, 11) is 0. The lowest BCUT2D eigenvalue weighted by atomic mass is 10.2. The monoisotopic (exact) mass is 363 g/mol. The number of halogens is 4. The summed E-state index contributed by atoms with van der Waals surface area (Å²) in [6, 6.07) is 5.17. The summed E-state index contributed by atoms with van der Waals surface area (Å²) in [4.78, 5) is 12.0. The maximum Gasteiger partial charge on any atom is 0.259 e. The zero-order chi connectivity index (χ0) is 14.0. The Balaban J connectivity index is 2.28. The number of amides is 1. The quantitative estimate of drug-likeness (QED) is 0.878. The molecule has 1 amide bonds. The molecule has 1 aromatic heterocycles. The number of anilines is 1. The molecular formula is C11H5BrCl2FN3O. The lowest BCUT2D eigenvalue weighted by Gasteiger charge is -2.08. The van der Waals surface area contributed by atoms with Gasteiger partial charge in [-0.3, -0.25) is 4.79 Å². The highest BCUT2D eigenvalue weighted by molar-refractivity contribution is 9.10. The first-order chi connectivity index (χ1) is 8.97. The number of rotatable bonds is 2. The normalized spacial score (nSPS) is 10.3. The molecule has 19 heavy (non-hydrogen) atoms. The van der Waals surface area contributed by atoms with Crippen LogP contribution in [0.4, 0.5) is 10.1 Å². The van der Waals surface area contributed by atoms with Crippen molar-refractivity contribution in [2.45, 2.75) is 0 Å². The van der Waals surface area contributed by atoms with E-state index in [9.17, 15) is 9.18 Å². The van der Waals surface area contributed by atoms with Gasteiger partial charge in [0.2, 0.25) is 0 Å². The first-order valence-electron chi connectivity index (χ1n) is 4.92. The van der Waals surface area contributed by atoms with Gasteiger partial charge < -0.3 is 5.32 Å². The van der Waals surface area contributed by atoms with Crippen molar-refractivity contribution in [3.05, 3.63) is 50.4 Å². The predicted octanol–water partition coefficient (Wildman–Crippen LogP) is 3.94. The van der Waals surface area contributed by atoms with Crippen LogP contribution in [0.15, 0.2) is 28.7 Å². The average molecular weight is 365 g/mol. The van der Waals surface area contributed by atoms with Gasteiger partial charge in [-0.15, -0.1) is 10.2 Å². The maximum atomic E-state index is 12.9. The van der Waals surface area contributed by atoms with Gasteiger partial charge in [-0.2, -0.15) is 0 Å². The number of benzene rings is 1. The Bertz CT molecular complexity index is 654. The molecule has 0 atom stereocenters. The number of carbonyl (C=O) groups is 1. The molecule has 0 saturated heterocycles. The molecule has 0 aliphatic rings. The smallest absolute Gasteiger partial charge is 0.259 e. The van der Waals surface area contributed by atoms with Crippen molar-refractivity contribution in [3.63, 3.8) is 0 Å². The molecule has 0 bridgehead atoms. The fourth-order valence-electron chi connectivity index (χ4n) is 1.29. The van der Waals surface area contributed by atoms with Crippen molar-refractivity contribution in [1.29, 1.82) is 0 Å². The first-order valence-corrected chi connectivity index (χ1v) is 6.47. The molecule has 2 aromatic rings. The van der Waals surface area contributed by atoms with Gasteiger partial charge in [0.05, 0.1) is 11.3 Å². The minimum Gasteiger partial charge on any atom is -0.321 e. The van der Waals surface area contributed by atoms with E-state index in [2.05, 4.69) is 31.4 Å². The van der Waals surface area contributed by atoms with E-state index in [1.165, 1.54) is 24.3 Å². The molecule has 2 rings (SSSR count). The Morgan fingerprint density at radius 3 is 2.68 bits per heavy atom. The summed E-state index contributed by atoms with van der Waals surface area (Å²) in [5.41, 5.74) is 0.480. The van der Waals surface area contributed by atoms with E-state index in [0.717, 1.165) is 0 Å². The minimum absolute atomic E-state index is 0.0488. The number of nitrogens with zero attached hydrogens (tertiary/aromatic N) is 2. The standard InChI is InChI=1S/C11H5BrCl2FN3O/c12-7-3-5(15)1-2-8(7)16-11(19)6-4-9(13)17-18-10(6)14/h1-4H,(H,16,19). The second kappa shape index (κ2) is 5.81. The van der Waals surface area contributed by atoms with Crippen molar-refractivity contribution in [2.75, 3.05) is 5.32 Å². The molecule has 0 fully saturated rings. The molecule has 0 radical (unpaired) electrons. The summed E-state index contributed by atoms with van der Waals surface area (Å²) in [5.74, 6) is -0.939. The predicted molar refractivity (Wildman–Crippen MR) is 74.1 cm³/mol. The Morgan fingerprint density at radius 2 is 2.00 bits per heavy atom. The van der Waals surface area contributed by atoms with Gasteiger partial charge >= 0.3 is 0 Å². The number of aromatic nitrogens is 2. The number of hydrogen-bond donors (Lipinski definition) is 1. The van der Waals surface area contributed by atoms with Crippen molar-refractivity contribution in [1.82, 2.24) is 10.2 Å². The lowest BCUT2D eigenvalue weighted by Crippen LogP contribution is -2.14. The zero-order valence-corrected chi connectivity index (χ0v) is 12.2. The van der Waals surface area contributed by atoms with E-state index < -0.39 is 11.7 Å². The van der Waals surface area contributed by atoms with E-state index in [1.807, 2.05) is 0 Å². The molecule has 0 unspecified atom stereocenters. The van der Waals surface area contributed by atoms with Gasteiger partial charge in [-0.25, -0.2) is 4.39 Å². The van der Waals surface area contributed by atoms with Crippen molar-refractivity contribution >= 4 is 50.7 Å². The van der Waals surface area contributed by atoms with Crippen LogP contribution in [0.25, 0.3) is 0 Å². The Hall–Kier alpha value is -1.24. The SMILES string of the molecule is O=C(Nc1ccc(F)cc1Br)c1cc(Cl)nnc1Cl. The molecule has 0 spiro atoms. The third-order valence-corrected chi connectivity index (χ3v) is 3.26. The lowest BCUT2D eigenvalue weighted by molar-refractivity contribution is 0.102.